The highest BCUT2D eigenvalue weighted by Crippen LogP contribution is 2.29. The Hall–Kier alpha value is -1.86. The Morgan fingerprint density at radius 1 is 1.42 bits per heavy atom. The highest BCUT2D eigenvalue weighted by atomic mass is 35.5. The lowest BCUT2D eigenvalue weighted by Crippen LogP contribution is -2.48. The third-order valence-electron chi connectivity index (χ3n) is 3.98. The van der Waals surface area contributed by atoms with E-state index >= 15 is 0 Å². The minimum Gasteiger partial charge on any atom is -0.481 e. The van der Waals surface area contributed by atoms with Gasteiger partial charge in [0.1, 0.15) is 11.3 Å². The standard InChI is InChI=1S/C16H17ClN2O4S/c1-16(6-8-24(21,22)10-16)19-14(20)9-23-13-5-4-12(17)11-3-2-7-18-15(11)13/h2-5,7H,6,8-10H2,1H3,(H,19,20)/t16-/m0/s1. The molecule has 1 aromatic heterocycles. The number of pyridine rings is 1. The summed E-state index contributed by atoms with van der Waals surface area (Å²) in [5.41, 5.74) is -0.160. The van der Waals surface area contributed by atoms with Crippen LogP contribution in [0.3, 0.4) is 0 Å². The number of nitrogens with one attached hydrogen (secondary N) is 1. The number of benzene rings is 1. The van der Waals surface area contributed by atoms with Crippen LogP contribution in [0.15, 0.2) is 30.5 Å². The number of halogens is 1. The summed E-state index contributed by atoms with van der Waals surface area (Å²) >= 11 is 6.12. The molecule has 6 nitrogen and oxygen atoms in total. The molecule has 0 unspecified atom stereocenters. The van der Waals surface area contributed by atoms with Crippen LogP contribution in [-0.4, -0.2) is 43.0 Å². The van der Waals surface area contributed by atoms with Gasteiger partial charge < -0.3 is 10.1 Å². The van der Waals surface area contributed by atoms with Gasteiger partial charge in [0, 0.05) is 11.6 Å². The number of nitrogens with zero attached hydrogens (tertiary/aromatic N) is 1. The largest absolute Gasteiger partial charge is 0.481 e. The molecule has 0 spiro atoms. The quantitative estimate of drug-likeness (QED) is 0.891. The van der Waals surface area contributed by atoms with Crippen molar-refractivity contribution < 1.29 is 17.9 Å². The van der Waals surface area contributed by atoms with E-state index in [1.54, 1.807) is 31.3 Å². The molecular weight excluding hydrogens is 352 g/mol. The maximum Gasteiger partial charge on any atom is 0.258 e. The number of carbonyl (C=O) groups is 1. The predicted molar refractivity (Wildman–Crippen MR) is 92.1 cm³/mol. The van der Waals surface area contributed by atoms with E-state index < -0.39 is 15.4 Å². The molecule has 0 saturated carbocycles. The van der Waals surface area contributed by atoms with Crippen LogP contribution in [0.5, 0.6) is 5.75 Å². The van der Waals surface area contributed by atoms with Gasteiger partial charge in [-0.3, -0.25) is 9.78 Å². The number of amides is 1. The van der Waals surface area contributed by atoms with Gasteiger partial charge in [-0.2, -0.15) is 0 Å². The minimum absolute atomic E-state index is 0.0445. The lowest BCUT2D eigenvalue weighted by Gasteiger charge is -2.23. The summed E-state index contributed by atoms with van der Waals surface area (Å²) in [5, 5.41) is 4.05. The predicted octanol–water partition coefficient (Wildman–Crippen LogP) is 1.96. The molecule has 1 aliphatic heterocycles. The van der Waals surface area contributed by atoms with Crippen molar-refractivity contribution in [3.63, 3.8) is 0 Å². The summed E-state index contributed by atoms with van der Waals surface area (Å²) < 4.78 is 28.7. The molecular formula is C16H17ClN2O4S. The van der Waals surface area contributed by atoms with Crippen LogP contribution in [0.1, 0.15) is 13.3 Å². The number of hydrogen-bond acceptors (Lipinski definition) is 5. The molecule has 2 aromatic rings. The van der Waals surface area contributed by atoms with Crippen LogP contribution in [0, 0.1) is 0 Å². The number of fused-ring (bicyclic) bond motifs is 1. The van der Waals surface area contributed by atoms with Crippen molar-refractivity contribution in [1.82, 2.24) is 10.3 Å². The molecule has 3 rings (SSSR count). The molecule has 0 bridgehead atoms. The fraction of sp³-hybridized carbons (Fsp3) is 0.375. The second-order valence-electron chi connectivity index (χ2n) is 6.18. The molecule has 1 aromatic carbocycles. The fourth-order valence-electron chi connectivity index (χ4n) is 2.85. The van der Waals surface area contributed by atoms with Gasteiger partial charge >= 0.3 is 0 Å². The molecule has 24 heavy (non-hydrogen) atoms. The number of aromatic nitrogens is 1. The Kier molecular flexibility index (Phi) is 4.40. The monoisotopic (exact) mass is 368 g/mol. The highest BCUT2D eigenvalue weighted by molar-refractivity contribution is 7.91. The first kappa shape index (κ1) is 17.0. The first-order valence-electron chi connectivity index (χ1n) is 7.46. The van der Waals surface area contributed by atoms with Crippen LogP contribution in [0.25, 0.3) is 10.9 Å². The van der Waals surface area contributed by atoms with E-state index in [0.29, 0.717) is 22.7 Å². The molecule has 8 heteroatoms. The zero-order chi connectivity index (χ0) is 17.4. The van der Waals surface area contributed by atoms with Gasteiger partial charge in [0.25, 0.3) is 5.91 Å². The molecule has 1 aliphatic rings. The second-order valence-corrected chi connectivity index (χ2v) is 8.78. The van der Waals surface area contributed by atoms with Crippen molar-refractivity contribution in [3.05, 3.63) is 35.5 Å². The maximum absolute atomic E-state index is 12.1. The summed E-state index contributed by atoms with van der Waals surface area (Å²) in [5.74, 6) is 0.135. The van der Waals surface area contributed by atoms with Crippen molar-refractivity contribution >= 4 is 38.2 Å². The Morgan fingerprint density at radius 3 is 2.92 bits per heavy atom. The zero-order valence-corrected chi connectivity index (χ0v) is 14.7. The van der Waals surface area contributed by atoms with Gasteiger partial charge in [-0.05, 0) is 37.6 Å². The second kappa shape index (κ2) is 6.22. The number of rotatable bonds is 4. The van der Waals surface area contributed by atoms with E-state index in [0.717, 1.165) is 5.39 Å². The molecule has 0 aliphatic carbocycles. The highest BCUT2D eigenvalue weighted by Gasteiger charge is 2.39. The van der Waals surface area contributed by atoms with Gasteiger partial charge in [0.15, 0.2) is 16.4 Å². The minimum atomic E-state index is -3.08. The number of sulfone groups is 1. The summed E-state index contributed by atoms with van der Waals surface area (Å²) in [4.78, 5) is 16.3. The lowest BCUT2D eigenvalue weighted by atomic mass is 10.0. The molecule has 128 valence electrons. The number of ether oxygens (including phenoxy) is 1. The van der Waals surface area contributed by atoms with Crippen molar-refractivity contribution in [1.29, 1.82) is 0 Å². The SMILES string of the molecule is C[C@]1(NC(=O)COc2ccc(Cl)c3cccnc23)CCS(=O)(=O)C1. The Bertz CT molecular complexity index is 900. The van der Waals surface area contributed by atoms with E-state index in [-0.39, 0.29) is 24.0 Å². The van der Waals surface area contributed by atoms with Crippen LogP contribution in [0.2, 0.25) is 5.02 Å². The van der Waals surface area contributed by atoms with Gasteiger partial charge in [-0.1, -0.05) is 11.6 Å². The van der Waals surface area contributed by atoms with E-state index in [1.807, 2.05) is 6.07 Å². The van der Waals surface area contributed by atoms with Crippen LogP contribution < -0.4 is 10.1 Å². The third kappa shape index (κ3) is 3.62. The maximum atomic E-state index is 12.1. The topological polar surface area (TPSA) is 85.4 Å². The third-order valence-corrected chi connectivity index (χ3v) is 6.22. The smallest absolute Gasteiger partial charge is 0.258 e. The van der Waals surface area contributed by atoms with Crippen LogP contribution in [0.4, 0.5) is 0 Å². The summed E-state index contributed by atoms with van der Waals surface area (Å²) in [7, 11) is -3.08. The molecule has 1 fully saturated rings. The molecule has 1 amide bonds. The molecule has 1 N–H and O–H groups in total. The fourth-order valence-corrected chi connectivity index (χ4v) is 5.16. The average molecular weight is 369 g/mol. The Morgan fingerprint density at radius 2 is 2.21 bits per heavy atom. The van der Waals surface area contributed by atoms with Crippen molar-refractivity contribution in [2.75, 3.05) is 18.1 Å². The Balaban J connectivity index is 1.68. The van der Waals surface area contributed by atoms with Gasteiger partial charge in [0.05, 0.1) is 22.1 Å². The number of carbonyl (C=O) groups excluding carboxylic acids is 1. The van der Waals surface area contributed by atoms with Crippen LogP contribution >= 0.6 is 11.6 Å². The normalized spacial score (nSPS) is 22.4. The first-order valence-corrected chi connectivity index (χ1v) is 9.65. The molecule has 0 radical (unpaired) electrons. The van der Waals surface area contributed by atoms with Gasteiger partial charge in [-0.15, -0.1) is 0 Å². The van der Waals surface area contributed by atoms with Crippen LogP contribution in [-0.2, 0) is 14.6 Å². The van der Waals surface area contributed by atoms with E-state index in [1.165, 1.54) is 0 Å². The molecule has 1 saturated heterocycles. The van der Waals surface area contributed by atoms with E-state index in [4.69, 9.17) is 16.3 Å². The summed E-state index contributed by atoms with van der Waals surface area (Å²) in [6.45, 7) is 1.51. The summed E-state index contributed by atoms with van der Waals surface area (Å²) in [6, 6.07) is 6.93. The van der Waals surface area contributed by atoms with E-state index in [9.17, 15) is 13.2 Å². The lowest BCUT2D eigenvalue weighted by molar-refractivity contribution is -0.124. The molecule has 2 heterocycles. The van der Waals surface area contributed by atoms with Gasteiger partial charge in [0.2, 0.25) is 0 Å². The average Bonchev–Trinajstić information content (AvgIpc) is 2.80. The zero-order valence-electron chi connectivity index (χ0n) is 13.1. The van der Waals surface area contributed by atoms with Crippen molar-refractivity contribution in [3.8, 4) is 5.75 Å². The van der Waals surface area contributed by atoms with Crippen molar-refractivity contribution in [2.24, 2.45) is 0 Å². The summed E-state index contributed by atoms with van der Waals surface area (Å²) in [6.07, 6.45) is 2.03. The Labute approximate surface area is 145 Å². The molecule has 1 atom stereocenters. The van der Waals surface area contributed by atoms with Gasteiger partial charge in [-0.25, -0.2) is 8.42 Å². The number of hydrogen-bond donors (Lipinski definition) is 1. The van der Waals surface area contributed by atoms with Crippen molar-refractivity contribution in [2.45, 2.75) is 18.9 Å². The first-order chi connectivity index (χ1) is 11.3. The van der Waals surface area contributed by atoms with E-state index in [2.05, 4.69) is 10.3 Å².